The Morgan fingerprint density at radius 1 is 1.30 bits per heavy atom. The topological polar surface area (TPSA) is 80.6 Å². The molecule has 1 aliphatic rings. The maximum Gasteiger partial charge on any atom is 0.188 e. The molecule has 158 valence electrons. The lowest BCUT2D eigenvalue weighted by Crippen LogP contribution is -2.23. The van der Waals surface area contributed by atoms with Crippen molar-refractivity contribution < 1.29 is 18.3 Å². The van der Waals surface area contributed by atoms with E-state index in [1.807, 2.05) is 30.3 Å². The van der Waals surface area contributed by atoms with Crippen molar-refractivity contribution in [3.05, 3.63) is 71.8 Å². The van der Waals surface area contributed by atoms with E-state index >= 15 is 0 Å². The fourth-order valence-electron chi connectivity index (χ4n) is 3.56. The van der Waals surface area contributed by atoms with E-state index in [1.54, 1.807) is 35.0 Å². The monoisotopic (exact) mass is 428 g/mol. The number of phenols is 1. The van der Waals surface area contributed by atoms with E-state index < -0.39 is 16.9 Å². The minimum Gasteiger partial charge on any atom is -0.771 e. The first-order chi connectivity index (χ1) is 14.4. The van der Waals surface area contributed by atoms with Gasteiger partial charge in [-0.2, -0.15) is 0 Å². The molecule has 4 rings (SSSR count). The van der Waals surface area contributed by atoms with Gasteiger partial charge in [-0.15, -0.1) is 0 Å². The molecule has 0 amide bonds. The summed E-state index contributed by atoms with van der Waals surface area (Å²) in [6.45, 7) is 0.478. The van der Waals surface area contributed by atoms with Crippen LogP contribution in [0.25, 0.3) is 5.69 Å². The van der Waals surface area contributed by atoms with Crippen LogP contribution in [0.5, 0.6) is 5.75 Å². The molecule has 1 aliphatic carbocycles. The Bertz CT molecular complexity index is 1080. The van der Waals surface area contributed by atoms with Gasteiger partial charge >= 0.3 is 0 Å². The summed E-state index contributed by atoms with van der Waals surface area (Å²) in [5.74, 6) is -0.655. The number of halogens is 1. The second kappa shape index (κ2) is 8.49. The van der Waals surface area contributed by atoms with Gasteiger partial charge in [-0.3, -0.25) is 4.21 Å². The van der Waals surface area contributed by atoms with E-state index in [1.165, 1.54) is 6.07 Å². The number of aromatic hydroxyl groups is 1. The lowest BCUT2D eigenvalue weighted by Gasteiger charge is -2.23. The van der Waals surface area contributed by atoms with E-state index in [4.69, 9.17) is 0 Å². The lowest BCUT2D eigenvalue weighted by atomic mass is 10.1. The van der Waals surface area contributed by atoms with E-state index in [0.29, 0.717) is 18.2 Å². The van der Waals surface area contributed by atoms with Crippen LogP contribution >= 0.6 is 0 Å². The molecule has 1 atom stereocenters. The molecule has 3 aromatic rings. The summed E-state index contributed by atoms with van der Waals surface area (Å²) in [4.78, 5) is 1.67. The Morgan fingerprint density at radius 3 is 2.80 bits per heavy atom. The Labute approximate surface area is 177 Å². The Morgan fingerprint density at radius 2 is 2.07 bits per heavy atom. The molecule has 30 heavy (non-hydrogen) atoms. The van der Waals surface area contributed by atoms with E-state index in [2.05, 4.69) is 5.32 Å². The third kappa shape index (κ3) is 4.49. The van der Waals surface area contributed by atoms with Crippen molar-refractivity contribution in [2.24, 2.45) is 0 Å². The highest BCUT2D eigenvalue weighted by Gasteiger charge is 2.26. The van der Waals surface area contributed by atoms with Crippen LogP contribution < -0.4 is 10.2 Å². The zero-order valence-corrected chi connectivity index (χ0v) is 17.4. The smallest absolute Gasteiger partial charge is 0.188 e. The van der Waals surface area contributed by atoms with Gasteiger partial charge in [0.1, 0.15) is 0 Å². The van der Waals surface area contributed by atoms with Crippen molar-refractivity contribution in [1.29, 1.82) is 0 Å². The van der Waals surface area contributed by atoms with Gasteiger partial charge in [0.05, 0.1) is 17.3 Å². The van der Waals surface area contributed by atoms with E-state index in [9.17, 15) is 18.3 Å². The molecule has 1 aromatic heterocycles. The van der Waals surface area contributed by atoms with Gasteiger partial charge in [0.2, 0.25) is 0 Å². The zero-order chi connectivity index (χ0) is 21.3. The number of aromatic nitrogens is 1. The third-order valence-electron chi connectivity index (χ3n) is 5.26. The highest BCUT2D eigenvalue weighted by atomic mass is 32.2. The average Bonchev–Trinajstić information content (AvgIpc) is 3.46. The molecule has 0 aliphatic heterocycles. The molecule has 2 N–H and O–H groups in total. The summed E-state index contributed by atoms with van der Waals surface area (Å²) >= 11 is -2.17. The number of nitrogens with zero attached hydrogens (tertiary/aromatic N) is 2. The first-order valence-corrected chi connectivity index (χ1v) is 11.0. The highest BCUT2D eigenvalue weighted by Crippen LogP contribution is 2.42. The fraction of sp³-hybridized carbons (Fsp3) is 0.273. The zero-order valence-electron chi connectivity index (χ0n) is 16.5. The molecule has 8 heteroatoms. The predicted molar refractivity (Wildman–Crippen MR) is 115 cm³/mol. The third-order valence-corrected chi connectivity index (χ3v) is 5.86. The van der Waals surface area contributed by atoms with Crippen molar-refractivity contribution in [2.75, 3.05) is 23.1 Å². The fourth-order valence-corrected chi connectivity index (χ4v) is 4.02. The van der Waals surface area contributed by atoms with E-state index in [0.717, 1.165) is 35.3 Å². The van der Waals surface area contributed by atoms with Crippen LogP contribution in [0.2, 0.25) is 0 Å². The molecular weight excluding hydrogens is 405 g/mol. The molecule has 1 heterocycles. The number of hydrogen-bond donors (Lipinski definition) is 2. The number of para-hydroxylation sites is 1. The normalized spacial score (nSPS) is 14.5. The summed E-state index contributed by atoms with van der Waals surface area (Å²) in [5.41, 5.74) is 3.83. The van der Waals surface area contributed by atoms with Crippen LogP contribution in [0, 0.1) is 5.82 Å². The summed E-state index contributed by atoms with van der Waals surface area (Å²) in [7, 11) is 1.73. The van der Waals surface area contributed by atoms with Crippen LogP contribution in [-0.4, -0.2) is 31.4 Å². The van der Waals surface area contributed by atoms with E-state index in [-0.39, 0.29) is 11.6 Å². The Kier molecular flexibility index (Phi) is 5.78. The SMILES string of the molecule is CN(CS(=O)[O-])c1ccccc1CNc1ccn(-c2cc(C3CC3)cc(O)c2F)c1. The number of phenolic OH excluding ortho intramolecular Hbond substituents is 1. The first-order valence-electron chi connectivity index (χ1n) is 9.72. The van der Waals surface area contributed by atoms with Gasteiger partial charge in [-0.05, 0) is 65.2 Å². The second-order valence-electron chi connectivity index (χ2n) is 7.57. The lowest BCUT2D eigenvalue weighted by molar-refractivity contribution is 0.430. The summed E-state index contributed by atoms with van der Waals surface area (Å²) in [5, 5.41) is 13.3. The van der Waals surface area contributed by atoms with Crippen molar-refractivity contribution in [3.8, 4) is 11.4 Å². The van der Waals surface area contributed by atoms with Crippen LogP contribution in [0.15, 0.2) is 54.9 Å². The molecule has 2 aromatic carbocycles. The maximum absolute atomic E-state index is 14.5. The van der Waals surface area contributed by atoms with Crippen molar-refractivity contribution in [3.63, 3.8) is 0 Å². The largest absolute Gasteiger partial charge is 0.771 e. The number of rotatable bonds is 8. The molecule has 0 radical (unpaired) electrons. The van der Waals surface area contributed by atoms with Crippen LogP contribution in [0.1, 0.15) is 29.9 Å². The molecule has 1 unspecified atom stereocenters. The minimum absolute atomic E-state index is 0.0898. The van der Waals surface area contributed by atoms with Crippen molar-refractivity contribution in [1.82, 2.24) is 4.57 Å². The number of hydrogen-bond acceptors (Lipinski definition) is 5. The average molecular weight is 429 g/mol. The second-order valence-corrected chi connectivity index (χ2v) is 8.43. The van der Waals surface area contributed by atoms with Crippen molar-refractivity contribution in [2.45, 2.75) is 25.3 Å². The van der Waals surface area contributed by atoms with Gasteiger partial charge in [-0.25, -0.2) is 4.39 Å². The first kappa shape index (κ1) is 20.4. The number of nitrogens with one attached hydrogen (secondary N) is 1. The van der Waals surface area contributed by atoms with Crippen LogP contribution in [0.3, 0.4) is 0 Å². The molecule has 0 saturated heterocycles. The van der Waals surface area contributed by atoms with Crippen molar-refractivity contribution >= 4 is 22.5 Å². The van der Waals surface area contributed by atoms with Gasteiger partial charge in [0.15, 0.2) is 11.6 Å². The van der Waals surface area contributed by atoms with Gasteiger partial charge < -0.3 is 24.4 Å². The molecule has 6 nitrogen and oxygen atoms in total. The maximum atomic E-state index is 14.5. The summed E-state index contributed by atoms with van der Waals surface area (Å²) < 4.78 is 38.2. The standard InChI is InChI=1S/C22H24FN3O3S/c1-25(14-30(28)29)19-5-3-2-4-16(19)12-24-18-8-9-26(13-18)20-10-17(15-6-7-15)11-21(27)22(20)23/h2-5,8-11,13,15,24,27H,6-7,12,14H2,1H3,(H,28,29)/p-1. The predicted octanol–water partition coefficient (Wildman–Crippen LogP) is 4.08. The molecule has 1 fully saturated rings. The molecular formula is C22H23FN3O3S-. The highest BCUT2D eigenvalue weighted by molar-refractivity contribution is 7.79. The van der Waals surface area contributed by atoms with Crippen LogP contribution in [-0.2, 0) is 17.6 Å². The summed E-state index contributed by atoms with van der Waals surface area (Å²) in [6.07, 6.45) is 5.65. The quantitative estimate of drug-likeness (QED) is 0.529. The van der Waals surface area contributed by atoms with Gasteiger partial charge in [0, 0.05) is 31.7 Å². The Hall–Kier alpha value is -2.84. The number of benzene rings is 2. The summed E-state index contributed by atoms with van der Waals surface area (Å²) in [6, 6.07) is 12.7. The Balaban J connectivity index is 1.51. The van der Waals surface area contributed by atoms with Gasteiger partial charge in [0.25, 0.3) is 0 Å². The number of anilines is 2. The minimum atomic E-state index is -2.17. The van der Waals surface area contributed by atoms with Crippen LogP contribution in [0.4, 0.5) is 15.8 Å². The molecule has 0 bridgehead atoms. The van der Waals surface area contributed by atoms with Gasteiger partial charge in [-0.1, -0.05) is 18.2 Å². The molecule has 0 spiro atoms. The molecule has 1 saturated carbocycles.